The lowest BCUT2D eigenvalue weighted by Gasteiger charge is -2.44. The molecule has 11 N–H and O–H groups in total. The van der Waals surface area contributed by atoms with E-state index in [0.29, 0.717) is 0 Å². The zero-order valence-electron chi connectivity index (χ0n) is 17.4. The van der Waals surface area contributed by atoms with Gasteiger partial charge in [-0.15, -0.1) is 0 Å². The lowest BCUT2D eigenvalue weighted by atomic mass is 9.95. The number of carboxylic acid groups (broad SMARTS) is 1. The molecule has 2 amide bonds. The molecule has 33 heavy (non-hydrogen) atoms. The summed E-state index contributed by atoms with van der Waals surface area (Å²) >= 11 is 0. The molecule has 0 spiro atoms. The quantitative estimate of drug-likeness (QED) is 0.153. The Bertz CT molecular complexity index is 718. The number of aliphatic carboxylic acids is 1. The molecular formula is C17H31N3O13. The van der Waals surface area contributed by atoms with E-state index >= 15 is 0 Å². The normalized spacial score (nSPS) is 40.0. The number of hydrogen-bond acceptors (Lipinski definition) is 13. The third kappa shape index (κ3) is 6.76. The Kier molecular flexibility index (Phi) is 9.44. The Balaban J connectivity index is 0.00000578. The predicted octanol–water partition coefficient (Wildman–Crippen LogP) is -6.12. The third-order valence-corrected chi connectivity index (χ3v) is 5.11. The van der Waals surface area contributed by atoms with Crippen molar-refractivity contribution in [1.29, 1.82) is 0 Å². The minimum absolute atomic E-state index is 0. The number of rotatable bonds is 8. The molecule has 192 valence electrons. The van der Waals surface area contributed by atoms with Crippen molar-refractivity contribution in [3.8, 4) is 0 Å². The van der Waals surface area contributed by atoms with Crippen molar-refractivity contribution in [2.75, 3.05) is 6.61 Å². The first-order valence-electron chi connectivity index (χ1n) is 9.89. The number of hydrogen-bond donors (Lipinski definition) is 10. The van der Waals surface area contributed by atoms with E-state index in [4.69, 9.17) is 25.1 Å². The van der Waals surface area contributed by atoms with E-state index in [1.165, 1.54) is 0 Å². The van der Waals surface area contributed by atoms with Crippen LogP contribution in [-0.2, 0) is 28.6 Å². The Morgan fingerprint density at radius 2 is 1.61 bits per heavy atom. The first-order valence-corrected chi connectivity index (χ1v) is 9.89. The minimum atomic E-state index is -1.88. The van der Waals surface area contributed by atoms with E-state index in [1.807, 2.05) is 0 Å². The van der Waals surface area contributed by atoms with Gasteiger partial charge in [0, 0.05) is 8.35 Å². The number of aliphatic hydroxyl groups excluding tert-OH is 6. The lowest BCUT2D eigenvalue weighted by molar-refractivity contribution is -0.346. The van der Waals surface area contributed by atoms with Crippen molar-refractivity contribution >= 4 is 17.8 Å². The summed E-state index contributed by atoms with van der Waals surface area (Å²) in [5, 5.41) is 72.9. The molecule has 0 aromatic carbocycles. The van der Waals surface area contributed by atoms with Gasteiger partial charge in [0.25, 0.3) is 0 Å². The highest BCUT2D eigenvalue weighted by Gasteiger charge is 2.48. The van der Waals surface area contributed by atoms with Crippen LogP contribution in [0.4, 0.5) is 0 Å². The topological polar surface area (TPSA) is 271 Å². The van der Waals surface area contributed by atoms with E-state index in [1.54, 1.807) is 0 Å². The number of ether oxygens (including phenoxy) is 3. The molecule has 2 aliphatic rings. The van der Waals surface area contributed by atoms with Crippen LogP contribution >= 0.6 is 0 Å². The summed E-state index contributed by atoms with van der Waals surface area (Å²) in [5.74, 6) is -2.96. The Hall–Kier alpha value is -1.99. The number of amides is 2. The highest BCUT2D eigenvalue weighted by atomic mass is 16.7. The first kappa shape index (κ1) is 27.3. The lowest BCUT2D eigenvalue weighted by Crippen LogP contribution is -2.68. The Morgan fingerprint density at radius 1 is 0.970 bits per heavy atom. The highest BCUT2D eigenvalue weighted by molar-refractivity contribution is 5.84. The van der Waals surface area contributed by atoms with Crippen LogP contribution in [0, 0.1) is 0 Å². The fourth-order valence-corrected chi connectivity index (χ4v) is 3.28. The van der Waals surface area contributed by atoms with E-state index in [9.17, 15) is 45.0 Å². The fourth-order valence-electron chi connectivity index (χ4n) is 3.28. The summed E-state index contributed by atoms with van der Waals surface area (Å²) in [7, 11) is 0. The van der Waals surface area contributed by atoms with Gasteiger partial charge in [-0.25, -0.2) is 0 Å². The second-order valence-electron chi connectivity index (χ2n) is 7.72. The van der Waals surface area contributed by atoms with Crippen LogP contribution in [0.2, 0.25) is 0 Å². The van der Waals surface area contributed by atoms with Crippen LogP contribution in [0.25, 0.3) is 0 Å². The maximum Gasteiger partial charge on any atom is 0.321 e. The molecule has 11 atom stereocenters. The molecule has 2 rings (SSSR count). The van der Waals surface area contributed by atoms with E-state index in [-0.39, 0.29) is 1.43 Å². The summed E-state index contributed by atoms with van der Waals surface area (Å²) in [6, 6.07) is -2.87. The second-order valence-corrected chi connectivity index (χ2v) is 7.72. The summed E-state index contributed by atoms with van der Waals surface area (Å²) in [5.41, 5.74) is 5.31. The van der Waals surface area contributed by atoms with Crippen LogP contribution in [0.1, 0.15) is 14.8 Å². The molecule has 0 aromatic heterocycles. The molecule has 2 fully saturated rings. The third-order valence-electron chi connectivity index (χ3n) is 5.11. The maximum absolute atomic E-state index is 12.1. The number of nitrogens with two attached hydrogens (primary N) is 1. The molecule has 2 aliphatic heterocycles. The fraction of sp³-hybridized carbons (Fsp3) is 0.824. The number of carbonyl (C=O) groups excluding carboxylic acids is 2. The van der Waals surface area contributed by atoms with Gasteiger partial charge in [-0.3, -0.25) is 14.4 Å². The molecular weight excluding hydrogens is 454 g/mol. The molecule has 2 saturated heterocycles. The number of carboxylic acids is 1. The zero-order valence-corrected chi connectivity index (χ0v) is 17.4. The van der Waals surface area contributed by atoms with Crippen molar-refractivity contribution in [1.82, 2.24) is 10.6 Å². The molecule has 0 bridgehead atoms. The average Bonchev–Trinajstić information content (AvgIpc) is 2.73. The minimum Gasteiger partial charge on any atom is -0.480 e. The van der Waals surface area contributed by atoms with E-state index in [0.717, 1.165) is 6.92 Å². The molecule has 16 nitrogen and oxygen atoms in total. The van der Waals surface area contributed by atoms with Gasteiger partial charge in [-0.05, 0) is 0 Å². The van der Waals surface area contributed by atoms with Crippen molar-refractivity contribution in [3.63, 3.8) is 0 Å². The average molecular weight is 485 g/mol. The number of nitrogens with one attached hydrogen (secondary N) is 2. The summed E-state index contributed by atoms with van der Waals surface area (Å²) in [4.78, 5) is 34.5. The van der Waals surface area contributed by atoms with Crippen LogP contribution in [-0.4, -0.2) is 128 Å². The molecule has 0 saturated carbocycles. The molecule has 0 aliphatic carbocycles. The van der Waals surface area contributed by atoms with Gasteiger partial charge < -0.3 is 66.3 Å². The zero-order chi connectivity index (χ0) is 25.0. The summed E-state index contributed by atoms with van der Waals surface area (Å²) in [6.07, 6.45) is -15.8. The molecule has 0 radical (unpaired) electrons. The van der Waals surface area contributed by atoms with Crippen molar-refractivity contribution in [2.24, 2.45) is 5.73 Å². The van der Waals surface area contributed by atoms with Crippen molar-refractivity contribution in [3.05, 3.63) is 0 Å². The highest BCUT2D eigenvalue weighted by Crippen LogP contribution is 2.24. The van der Waals surface area contributed by atoms with Gasteiger partial charge in [0.05, 0.1) is 13.0 Å². The first-order chi connectivity index (χ1) is 15.3. The smallest absolute Gasteiger partial charge is 0.321 e. The van der Waals surface area contributed by atoms with E-state index < -0.39 is 98.3 Å². The Labute approximate surface area is 188 Å². The number of carbonyl (C=O) groups is 3. The van der Waals surface area contributed by atoms with Crippen LogP contribution < -0.4 is 16.4 Å². The van der Waals surface area contributed by atoms with Crippen molar-refractivity contribution < 1.29 is 65.8 Å². The van der Waals surface area contributed by atoms with Gasteiger partial charge in [0.15, 0.2) is 18.8 Å². The maximum atomic E-state index is 12.1. The van der Waals surface area contributed by atoms with Gasteiger partial charge in [0.2, 0.25) is 11.8 Å². The van der Waals surface area contributed by atoms with Crippen LogP contribution in [0.5, 0.6) is 0 Å². The van der Waals surface area contributed by atoms with Gasteiger partial charge >= 0.3 is 5.97 Å². The van der Waals surface area contributed by atoms with E-state index in [2.05, 4.69) is 10.6 Å². The standard InChI is InChI=1S/C17H29N3O13.H2/c1-4(21)19-8-10(24)9(23)6(32-14(8)20-7(22)2-5(18)15(28)29)3-31-17-13(27)11(25)12(26)16(30)33-17;/h5-6,8-14,16-17,23-27,30H,2-3,18H2,1H3,(H,19,21)(H,20,22)(H,28,29);1H/t5-,6+,8+,9+,10+,11+,12+,13-,14+,16+,17+;/m0./s1. The van der Waals surface area contributed by atoms with Crippen molar-refractivity contribution in [2.45, 2.75) is 80.9 Å². The van der Waals surface area contributed by atoms with Gasteiger partial charge in [-0.1, -0.05) is 0 Å². The van der Waals surface area contributed by atoms with Gasteiger partial charge in [-0.2, -0.15) is 0 Å². The Morgan fingerprint density at radius 3 is 2.18 bits per heavy atom. The molecule has 0 unspecified atom stereocenters. The molecule has 16 heteroatoms. The van der Waals surface area contributed by atoms with Crippen LogP contribution in [0.3, 0.4) is 0 Å². The molecule has 0 aromatic rings. The monoisotopic (exact) mass is 485 g/mol. The predicted molar refractivity (Wildman–Crippen MR) is 104 cm³/mol. The largest absolute Gasteiger partial charge is 0.480 e. The molecule has 2 heterocycles. The number of aliphatic hydroxyl groups is 6. The summed E-state index contributed by atoms with van der Waals surface area (Å²) < 4.78 is 15.6. The summed E-state index contributed by atoms with van der Waals surface area (Å²) in [6.45, 7) is 0.504. The van der Waals surface area contributed by atoms with Crippen LogP contribution in [0.15, 0.2) is 0 Å². The van der Waals surface area contributed by atoms with Gasteiger partial charge in [0.1, 0.15) is 48.7 Å². The SMILES string of the molecule is CC(=O)N[C@@H]1[C@@H](O)[C@H](O)[C@@H](CO[C@@H]2O[C@@H](O)[C@H](O)[C@@H](O)[C@@H]2O)O[C@H]1NC(=O)C[C@H](N)C(=O)O.[HH]. The second kappa shape index (κ2) is 11.4.